The largest absolute Gasteiger partial charge is 0.385 e. The van der Waals surface area contributed by atoms with Crippen LogP contribution in [0.3, 0.4) is 0 Å². The predicted octanol–water partition coefficient (Wildman–Crippen LogP) is 4.07. The Morgan fingerprint density at radius 1 is 1.35 bits per heavy atom. The van der Waals surface area contributed by atoms with Gasteiger partial charge in [-0.3, -0.25) is 0 Å². The first kappa shape index (κ1) is 14.5. The highest BCUT2D eigenvalue weighted by molar-refractivity contribution is 6.18. The van der Waals surface area contributed by atoms with Gasteiger partial charge >= 0.3 is 0 Å². The third-order valence-corrected chi connectivity index (χ3v) is 3.76. The fourth-order valence-corrected chi connectivity index (χ4v) is 2.50. The van der Waals surface area contributed by atoms with Gasteiger partial charge in [0.2, 0.25) is 0 Å². The van der Waals surface area contributed by atoms with E-state index < -0.39 is 0 Å². The highest BCUT2D eigenvalue weighted by Gasteiger charge is 2.16. The van der Waals surface area contributed by atoms with E-state index in [9.17, 15) is 0 Å². The molecule has 1 nitrogen and oxygen atoms in total. The Morgan fingerprint density at radius 2 is 2.12 bits per heavy atom. The Morgan fingerprint density at radius 3 is 2.71 bits per heavy atom. The number of halogens is 1. The van der Waals surface area contributed by atoms with E-state index in [-0.39, 0.29) is 0 Å². The summed E-state index contributed by atoms with van der Waals surface area (Å²) in [7, 11) is 1.75. The second-order valence-corrected chi connectivity index (χ2v) is 5.17. The second-order valence-electron chi connectivity index (χ2n) is 4.87. The van der Waals surface area contributed by atoms with Crippen molar-refractivity contribution >= 4 is 11.6 Å². The van der Waals surface area contributed by atoms with Crippen LogP contribution in [-0.2, 0) is 11.2 Å². The van der Waals surface area contributed by atoms with Gasteiger partial charge in [0.05, 0.1) is 0 Å². The Balaban J connectivity index is 2.56. The van der Waals surface area contributed by atoms with Gasteiger partial charge in [0, 0.05) is 19.6 Å². The van der Waals surface area contributed by atoms with Crippen LogP contribution in [-0.4, -0.2) is 19.6 Å². The molecule has 2 heteroatoms. The Hall–Kier alpha value is -0.530. The molecule has 0 heterocycles. The van der Waals surface area contributed by atoms with E-state index in [2.05, 4.69) is 38.1 Å². The van der Waals surface area contributed by atoms with E-state index in [1.54, 1.807) is 7.11 Å². The van der Waals surface area contributed by atoms with Crippen LogP contribution < -0.4 is 0 Å². The van der Waals surface area contributed by atoms with E-state index in [1.165, 1.54) is 11.1 Å². The molecule has 96 valence electrons. The van der Waals surface area contributed by atoms with Crippen LogP contribution in [0.1, 0.15) is 24.5 Å². The van der Waals surface area contributed by atoms with Gasteiger partial charge in [-0.2, -0.15) is 0 Å². The summed E-state index contributed by atoms with van der Waals surface area (Å²) in [5.41, 5.74) is 2.71. The quantitative estimate of drug-likeness (QED) is 0.667. The van der Waals surface area contributed by atoms with E-state index in [4.69, 9.17) is 16.3 Å². The molecule has 2 unspecified atom stereocenters. The average Bonchev–Trinajstić information content (AvgIpc) is 2.33. The minimum absolute atomic E-state index is 0.536. The third kappa shape index (κ3) is 5.10. The molecule has 17 heavy (non-hydrogen) atoms. The number of methoxy groups -OCH3 is 1. The maximum absolute atomic E-state index is 6.09. The number of aryl methyl sites for hydroxylation is 1. The predicted molar refractivity (Wildman–Crippen MR) is 74.8 cm³/mol. The molecule has 0 spiro atoms. The lowest BCUT2D eigenvalue weighted by Crippen LogP contribution is -2.18. The molecule has 1 aromatic carbocycles. The summed E-state index contributed by atoms with van der Waals surface area (Å²) in [6.07, 6.45) is 2.15. The topological polar surface area (TPSA) is 9.23 Å². The van der Waals surface area contributed by atoms with E-state index >= 15 is 0 Å². The molecule has 0 radical (unpaired) electrons. The van der Waals surface area contributed by atoms with Crippen LogP contribution in [0, 0.1) is 18.8 Å². The number of alkyl halides is 1. The van der Waals surface area contributed by atoms with Gasteiger partial charge in [-0.15, -0.1) is 11.6 Å². The summed E-state index contributed by atoms with van der Waals surface area (Å²) in [4.78, 5) is 0. The SMILES string of the molecule is COCCC(C)C(CCl)Cc1cccc(C)c1. The third-order valence-electron chi connectivity index (χ3n) is 3.36. The molecule has 0 aliphatic rings. The fourth-order valence-electron chi connectivity index (χ4n) is 2.09. The summed E-state index contributed by atoms with van der Waals surface area (Å²) < 4.78 is 5.13. The van der Waals surface area contributed by atoms with Gasteiger partial charge < -0.3 is 4.74 Å². The van der Waals surface area contributed by atoms with E-state index in [1.807, 2.05) is 0 Å². The lowest BCUT2D eigenvalue weighted by atomic mass is 9.87. The van der Waals surface area contributed by atoms with Crippen molar-refractivity contribution in [2.75, 3.05) is 19.6 Å². The van der Waals surface area contributed by atoms with Gasteiger partial charge in [0.15, 0.2) is 0 Å². The number of hydrogen-bond acceptors (Lipinski definition) is 1. The van der Waals surface area contributed by atoms with Crippen molar-refractivity contribution in [3.63, 3.8) is 0 Å². The molecule has 0 bridgehead atoms. The van der Waals surface area contributed by atoms with Crippen molar-refractivity contribution in [1.82, 2.24) is 0 Å². The minimum Gasteiger partial charge on any atom is -0.385 e. The average molecular weight is 255 g/mol. The molecule has 0 aliphatic carbocycles. The smallest absolute Gasteiger partial charge is 0.0464 e. The van der Waals surface area contributed by atoms with Gasteiger partial charge in [-0.25, -0.2) is 0 Å². The molecule has 0 saturated carbocycles. The monoisotopic (exact) mass is 254 g/mol. The van der Waals surface area contributed by atoms with Gasteiger partial charge in [-0.05, 0) is 37.2 Å². The molecule has 0 fully saturated rings. The molecule has 1 rings (SSSR count). The first-order valence-electron chi connectivity index (χ1n) is 6.27. The normalized spacial score (nSPS) is 14.6. The van der Waals surface area contributed by atoms with Gasteiger partial charge in [-0.1, -0.05) is 36.8 Å². The maximum Gasteiger partial charge on any atom is 0.0464 e. The molecule has 1 aromatic rings. The molecule has 0 aromatic heterocycles. The van der Waals surface area contributed by atoms with E-state index in [0.29, 0.717) is 11.8 Å². The Kier molecular flexibility index (Phi) is 6.61. The van der Waals surface area contributed by atoms with Crippen LogP contribution in [0.25, 0.3) is 0 Å². The number of benzene rings is 1. The lowest BCUT2D eigenvalue weighted by molar-refractivity contribution is 0.168. The fraction of sp³-hybridized carbons (Fsp3) is 0.600. The van der Waals surface area contributed by atoms with Crippen LogP contribution in [0.2, 0.25) is 0 Å². The standard InChI is InChI=1S/C15H23ClO/c1-12-5-4-6-14(9-12)10-15(11-16)13(2)7-8-17-3/h4-6,9,13,15H,7-8,10-11H2,1-3H3. The zero-order valence-corrected chi connectivity index (χ0v) is 11.8. The van der Waals surface area contributed by atoms with Crippen molar-refractivity contribution in [3.8, 4) is 0 Å². The van der Waals surface area contributed by atoms with Crippen LogP contribution in [0.15, 0.2) is 24.3 Å². The summed E-state index contributed by atoms with van der Waals surface area (Å²) in [6.45, 7) is 5.22. The molecule has 0 amide bonds. The Labute approximate surface area is 110 Å². The number of hydrogen-bond donors (Lipinski definition) is 0. The number of ether oxygens (including phenoxy) is 1. The summed E-state index contributed by atoms with van der Waals surface area (Å²) in [5.74, 6) is 1.86. The first-order chi connectivity index (χ1) is 8.17. The van der Waals surface area contributed by atoms with Crippen molar-refractivity contribution < 1.29 is 4.74 Å². The van der Waals surface area contributed by atoms with Crippen LogP contribution >= 0.6 is 11.6 Å². The highest BCUT2D eigenvalue weighted by Crippen LogP contribution is 2.22. The van der Waals surface area contributed by atoms with Gasteiger partial charge in [0.1, 0.15) is 0 Å². The maximum atomic E-state index is 6.09. The minimum atomic E-state index is 0.536. The molecular formula is C15H23ClO. The molecule has 0 N–H and O–H groups in total. The van der Waals surface area contributed by atoms with Crippen molar-refractivity contribution in [3.05, 3.63) is 35.4 Å². The lowest BCUT2D eigenvalue weighted by Gasteiger charge is -2.21. The Bertz CT molecular complexity index is 324. The zero-order chi connectivity index (χ0) is 12.7. The van der Waals surface area contributed by atoms with Crippen molar-refractivity contribution in [1.29, 1.82) is 0 Å². The van der Waals surface area contributed by atoms with E-state index in [0.717, 1.165) is 25.3 Å². The summed E-state index contributed by atoms with van der Waals surface area (Å²) in [6, 6.07) is 8.70. The summed E-state index contributed by atoms with van der Waals surface area (Å²) in [5, 5.41) is 0. The second kappa shape index (κ2) is 7.73. The summed E-state index contributed by atoms with van der Waals surface area (Å²) >= 11 is 6.09. The van der Waals surface area contributed by atoms with Crippen molar-refractivity contribution in [2.24, 2.45) is 11.8 Å². The van der Waals surface area contributed by atoms with Gasteiger partial charge in [0.25, 0.3) is 0 Å². The molecule has 2 atom stereocenters. The molecule has 0 aliphatic heterocycles. The highest BCUT2D eigenvalue weighted by atomic mass is 35.5. The molecular weight excluding hydrogens is 232 g/mol. The van der Waals surface area contributed by atoms with Crippen LogP contribution in [0.5, 0.6) is 0 Å². The van der Waals surface area contributed by atoms with Crippen LogP contribution in [0.4, 0.5) is 0 Å². The molecule has 0 saturated heterocycles. The van der Waals surface area contributed by atoms with Crippen molar-refractivity contribution in [2.45, 2.75) is 26.7 Å². The zero-order valence-electron chi connectivity index (χ0n) is 11.1. The number of rotatable bonds is 7. The first-order valence-corrected chi connectivity index (χ1v) is 6.81.